The van der Waals surface area contributed by atoms with Crippen molar-refractivity contribution in [3.63, 3.8) is 0 Å². The number of carbonyl (C=O) groups excluding carboxylic acids is 1. The fraction of sp³-hybridized carbons (Fsp3) is 0.571. The van der Waals surface area contributed by atoms with Gasteiger partial charge in [0, 0.05) is 30.8 Å². The van der Waals surface area contributed by atoms with E-state index in [2.05, 4.69) is 17.2 Å². The van der Waals surface area contributed by atoms with E-state index in [4.69, 9.17) is 0 Å². The number of rotatable bonds is 5. The Balaban J connectivity index is 2.07. The Hall–Kier alpha value is -1.22. The lowest BCUT2D eigenvalue weighted by Gasteiger charge is -2.26. The molecule has 1 fully saturated rings. The van der Waals surface area contributed by atoms with E-state index in [-0.39, 0.29) is 5.41 Å². The van der Waals surface area contributed by atoms with Crippen molar-refractivity contribution in [1.82, 2.24) is 10.3 Å². The Bertz CT molecular complexity index is 369. The number of Topliss-reactive ketones (excluding diaryl/α,β-unsaturated/α-hetero) is 1. The first kappa shape index (κ1) is 12.2. The summed E-state index contributed by atoms with van der Waals surface area (Å²) in [5.74, 6) is 0.373. The van der Waals surface area contributed by atoms with Gasteiger partial charge >= 0.3 is 0 Å². The Kier molecular flexibility index (Phi) is 3.89. The molecule has 1 atom stereocenters. The number of ketones is 1. The standard InChI is InChI=1S/C14H20N2O/c1-2-5-14(6-8-16-11-14)13(17)9-12-4-3-7-15-10-12/h3-4,7,10,16H,2,5-6,8-9,11H2,1H3. The van der Waals surface area contributed by atoms with Crippen LogP contribution < -0.4 is 5.32 Å². The largest absolute Gasteiger partial charge is 0.316 e. The first-order valence-electron chi connectivity index (χ1n) is 6.40. The molecule has 2 rings (SSSR count). The van der Waals surface area contributed by atoms with E-state index < -0.39 is 0 Å². The van der Waals surface area contributed by atoms with Crippen LogP contribution in [0, 0.1) is 5.41 Å². The van der Waals surface area contributed by atoms with Crippen molar-refractivity contribution in [3.05, 3.63) is 30.1 Å². The number of nitrogens with one attached hydrogen (secondary N) is 1. The molecule has 3 nitrogen and oxygen atoms in total. The van der Waals surface area contributed by atoms with Crippen molar-refractivity contribution in [1.29, 1.82) is 0 Å². The Morgan fingerprint density at radius 2 is 2.47 bits per heavy atom. The van der Waals surface area contributed by atoms with Crippen LogP contribution in [0.4, 0.5) is 0 Å². The second-order valence-corrected chi connectivity index (χ2v) is 4.92. The molecule has 1 aromatic heterocycles. The molecule has 1 saturated heterocycles. The zero-order chi connectivity index (χ0) is 12.1. The van der Waals surface area contributed by atoms with Crippen molar-refractivity contribution in [2.45, 2.75) is 32.6 Å². The maximum absolute atomic E-state index is 12.5. The van der Waals surface area contributed by atoms with Gasteiger partial charge in [0.05, 0.1) is 0 Å². The lowest BCUT2D eigenvalue weighted by molar-refractivity contribution is -0.127. The molecule has 3 heteroatoms. The third kappa shape index (κ3) is 2.72. The fourth-order valence-electron chi connectivity index (χ4n) is 2.69. The summed E-state index contributed by atoms with van der Waals surface area (Å²) in [6.45, 7) is 3.97. The minimum Gasteiger partial charge on any atom is -0.316 e. The molecule has 92 valence electrons. The Labute approximate surface area is 103 Å². The molecule has 0 saturated carbocycles. The van der Waals surface area contributed by atoms with Crippen LogP contribution in [0.3, 0.4) is 0 Å². The Morgan fingerprint density at radius 3 is 3.06 bits per heavy atom. The maximum Gasteiger partial charge on any atom is 0.144 e. The van der Waals surface area contributed by atoms with Gasteiger partial charge in [-0.2, -0.15) is 0 Å². The second-order valence-electron chi connectivity index (χ2n) is 4.92. The average molecular weight is 232 g/mol. The number of hydrogen-bond donors (Lipinski definition) is 1. The summed E-state index contributed by atoms with van der Waals surface area (Å²) in [4.78, 5) is 16.5. The van der Waals surface area contributed by atoms with Gasteiger partial charge < -0.3 is 5.32 Å². The van der Waals surface area contributed by atoms with Crippen LogP contribution in [-0.4, -0.2) is 23.9 Å². The van der Waals surface area contributed by atoms with Gasteiger partial charge in [0.1, 0.15) is 5.78 Å². The van der Waals surface area contributed by atoms with E-state index in [1.165, 1.54) is 0 Å². The van der Waals surface area contributed by atoms with Crippen LogP contribution >= 0.6 is 0 Å². The lowest BCUT2D eigenvalue weighted by Crippen LogP contribution is -2.34. The summed E-state index contributed by atoms with van der Waals surface area (Å²) >= 11 is 0. The van der Waals surface area contributed by atoms with Crippen LogP contribution in [0.25, 0.3) is 0 Å². The molecule has 0 spiro atoms. The lowest BCUT2D eigenvalue weighted by atomic mass is 9.76. The second kappa shape index (κ2) is 5.41. The molecule has 1 unspecified atom stereocenters. The predicted octanol–water partition coefficient (Wildman–Crippen LogP) is 1.97. The minimum atomic E-state index is -0.120. The van der Waals surface area contributed by atoms with Crippen LogP contribution in [0.1, 0.15) is 31.7 Å². The van der Waals surface area contributed by atoms with E-state index in [0.29, 0.717) is 12.2 Å². The molecule has 1 aliphatic rings. The maximum atomic E-state index is 12.5. The highest BCUT2D eigenvalue weighted by atomic mass is 16.1. The summed E-state index contributed by atoms with van der Waals surface area (Å²) in [5, 5.41) is 3.33. The summed E-state index contributed by atoms with van der Waals surface area (Å²) < 4.78 is 0. The molecule has 1 aromatic rings. The van der Waals surface area contributed by atoms with E-state index in [1.54, 1.807) is 12.4 Å². The van der Waals surface area contributed by atoms with E-state index in [1.807, 2.05) is 12.1 Å². The number of aromatic nitrogens is 1. The molecular weight excluding hydrogens is 212 g/mol. The molecule has 1 N–H and O–H groups in total. The van der Waals surface area contributed by atoms with Crippen molar-refractivity contribution >= 4 is 5.78 Å². The smallest absolute Gasteiger partial charge is 0.144 e. The van der Waals surface area contributed by atoms with Gasteiger partial charge in [0.25, 0.3) is 0 Å². The summed E-state index contributed by atoms with van der Waals surface area (Å²) in [5.41, 5.74) is 0.907. The highest BCUT2D eigenvalue weighted by molar-refractivity contribution is 5.87. The Morgan fingerprint density at radius 1 is 1.59 bits per heavy atom. The van der Waals surface area contributed by atoms with Crippen molar-refractivity contribution in [2.24, 2.45) is 5.41 Å². The molecule has 17 heavy (non-hydrogen) atoms. The van der Waals surface area contributed by atoms with Crippen molar-refractivity contribution in [3.8, 4) is 0 Å². The van der Waals surface area contributed by atoms with Crippen molar-refractivity contribution < 1.29 is 4.79 Å². The number of carbonyl (C=O) groups is 1. The van der Waals surface area contributed by atoms with Gasteiger partial charge in [-0.3, -0.25) is 9.78 Å². The number of hydrogen-bond acceptors (Lipinski definition) is 3. The molecule has 0 aliphatic carbocycles. The number of nitrogens with zero attached hydrogens (tertiary/aromatic N) is 1. The van der Waals surface area contributed by atoms with E-state index in [0.717, 1.165) is 37.9 Å². The summed E-state index contributed by atoms with van der Waals surface area (Å²) in [6, 6.07) is 3.87. The zero-order valence-corrected chi connectivity index (χ0v) is 10.4. The first-order valence-corrected chi connectivity index (χ1v) is 6.40. The highest BCUT2D eigenvalue weighted by Gasteiger charge is 2.39. The van der Waals surface area contributed by atoms with Gasteiger partial charge in [0.2, 0.25) is 0 Å². The van der Waals surface area contributed by atoms with Crippen LogP contribution in [0.2, 0.25) is 0 Å². The molecule has 2 heterocycles. The van der Waals surface area contributed by atoms with Gasteiger partial charge in [-0.05, 0) is 31.0 Å². The van der Waals surface area contributed by atoms with Crippen LogP contribution in [-0.2, 0) is 11.2 Å². The third-order valence-electron chi connectivity index (χ3n) is 3.65. The molecule has 1 aliphatic heterocycles. The van der Waals surface area contributed by atoms with E-state index >= 15 is 0 Å². The SMILES string of the molecule is CCCC1(C(=O)Cc2cccnc2)CCNC1. The van der Waals surface area contributed by atoms with Gasteiger partial charge in [-0.1, -0.05) is 19.4 Å². The fourth-order valence-corrected chi connectivity index (χ4v) is 2.69. The monoisotopic (exact) mass is 232 g/mol. The molecule has 0 radical (unpaired) electrons. The van der Waals surface area contributed by atoms with Crippen LogP contribution in [0.15, 0.2) is 24.5 Å². The van der Waals surface area contributed by atoms with Gasteiger partial charge in [-0.25, -0.2) is 0 Å². The normalized spacial score (nSPS) is 23.8. The van der Waals surface area contributed by atoms with Crippen molar-refractivity contribution in [2.75, 3.05) is 13.1 Å². The molecule has 0 aromatic carbocycles. The number of pyridine rings is 1. The summed E-state index contributed by atoms with van der Waals surface area (Å²) in [7, 11) is 0. The minimum absolute atomic E-state index is 0.120. The van der Waals surface area contributed by atoms with Crippen LogP contribution in [0.5, 0.6) is 0 Å². The molecule has 0 amide bonds. The third-order valence-corrected chi connectivity index (χ3v) is 3.65. The highest BCUT2D eigenvalue weighted by Crippen LogP contribution is 2.33. The summed E-state index contributed by atoms with van der Waals surface area (Å²) in [6.07, 6.45) is 7.11. The topological polar surface area (TPSA) is 42.0 Å². The van der Waals surface area contributed by atoms with Gasteiger partial charge in [0.15, 0.2) is 0 Å². The van der Waals surface area contributed by atoms with E-state index in [9.17, 15) is 4.79 Å². The molecule has 0 bridgehead atoms. The average Bonchev–Trinajstić information content (AvgIpc) is 2.81. The van der Waals surface area contributed by atoms with Gasteiger partial charge in [-0.15, -0.1) is 0 Å². The predicted molar refractivity (Wildman–Crippen MR) is 67.8 cm³/mol. The quantitative estimate of drug-likeness (QED) is 0.844. The first-order chi connectivity index (χ1) is 8.27. The molecular formula is C14H20N2O. The zero-order valence-electron chi connectivity index (χ0n) is 10.4.